The molecule has 0 aliphatic rings. The van der Waals surface area contributed by atoms with Gasteiger partial charge >= 0.3 is 0 Å². The highest BCUT2D eigenvalue weighted by atomic mass is 16.1. The van der Waals surface area contributed by atoms with E-state index in [4.69, 9.17) is 0 Å². The molecule has 0 spiro atoms. The Kier molecular flexibility index (Phi) is 3.63. The minimum atomic E-state index is 0.176. The highest BCUT2D eigenvalue weighted by molar-refractivity contribution is 5.98. The normalized spacial score (nSPS) is 9.86. The Morgan fingerprint density at radius 3 is 2.57 bits per heavy atom. The third kappa shape index (κ3) is 2.56. The molecule has 0 heterocycles. The fraction of sp³-hybridized carbons (Fsp3) is 0.308. The smallest absolute Gasteiger partial charge is 0.167 e. The Labute approximate surface area is 85.5 Å². The standard InChI is InChI=1S/C13H16O/c1-4-10(2)9-13(14)12-8-6-5-7-11(12)3/h5-8H,2,4,9H2,1,3H3. The maximum absolute atomic E-state index is 11.8. The number of carbonyl (C=O) groups excluding carboxylic acids is 1. The van der Waals surface area contributed by atoms with Gasteiger partial charge in [0, 0.05) is 12.0 Å². The number of ketones is 1. The van der Waals surface area contributed by atoms with Crippen LogP contribution in [0.25, 0.3) is 0 Å². The molecule has 0 saturated carbocycles. The Bertz CT molecular complexity index is 350. The van der Waals surface area contributed by atoms with Crippen LogP contribution in [0, 0.1) is 6.92 Å². The summed E-state index contributed by atoms with van der Waals surface area (Å²) in [6, 6.07) is 7.68. The summed E-state index contributed by atoms with van der Waals surface area (Å²) in [5.74, 6) is 0.176. The van der Waals surface area contributed by atoms with Crippen LogP contribution < -0.4 is 0 Å². The Hall–Kier alpha value is -1.37. The molecule has 0 fully saturated rings. The fourth-order valence-corrected chi connectivity index (χ4v) is 1.33. The van der Waals surface area contributed by atoms with Gasteiger partial charge in [0.05, 0.1) is 0 Å². The van der Waals surface area contributed by atoms with E-state index in [0.29, 0.717) is 6.42 Å². The van der Waals surface area contributed by atoms with Crippen molar-refractivity contribution in [3.8, 4) is 0 Å². The molecule has 0 aromatic heterocycles. The lowest BCUT2D eigenvalue weighted by Crippen LogP contribution is -2.02. The van der Waals surface area contributed by atoms with Crippen molar-refractivity contribution in [2.75, 3.05) is 0 Å². The van der Waals surface area contributed by atoms with Gasteiger partial charge in [-0.2, -0.15) is 0 Å². The number of aryl methyl sites for hydroxylation is 1. The van der Waals surface area contributed by atoms with Gasteiger partial charge in [-0.1, -0.05) is 43.3 Å². The zero-order chi connectivity index (χ0) is 10.6. The number of hydrogen-bond acceptors (Lipinski definition) is 1. The maximum Gasteiger partial charge on any atom is 0.167 e. The number of allylic oxidation sites excluding steroid dienone is 1. The number of rotatable bonds is 4. The van der Waals surface area contributed by atoms with Crippen LogP contribution in [0.2, 0.25) is 0 Å². The molecule has 1 rings (SSSR count). The van der Waals surface area contributed by atoms with Gasteiger partial charge in [0.1, 0.15) is 0 Å². The lowest BCUT2D eigenvalue weighted by atomic mass is 9.99. The molecule has 0 aliphatic heterocycles. The second-order valence-electron chi connectivity index (χ2n) is 3.52. The fourth-order valence-electron chi connectivity index (χ4n) is 1.33. The average molecular weight is 188 g/mol. The van der Waals surface area contributed by atoms with Crippen LogP contribution in [-0.4, -0.2) is 5.78 Å². The predicted octanol–water partition coefficient (Wildman–Crippen LogP) is 3.53. The predicted molar refractivity (Wildman–Crippen MR) is 59.6 cm³/mol. The summed E-state index contributed by atoms with van der Waals surface area (Å²) in [6.07, 6.45) is 1.35. The van der Waals surface area contributed by atoms with E-state index in [0.717, 1.165) is 23.1 Å². The first kappa shape index (κ1) is 10.7. The first-order valence-electron chi connectivity index (χ1n) is 4.90. The molecule has 0 saturated heterocycles. The molecule has 0 unspecified atom stereocenters. The number of hydrogen-bond donors (Lipinski definition) is 0. The number of benzene rings is 1. The molecule has 1 aromatic rings. The highest BCUT2D eigenvalue weighted by Gasteiger charge is 2.08. The number of carbonyl (C=O) groups is 1. The lowest BCUT2D eigenvalue weighted by molar-refractivity contribution is 0.0992. The van der Waals surface area contributed by atoms with Gasteiger partial charge in [-0.25, -0.2) is 0 Å². The van der Waals surface area contributed by atoms with Crippen LogP contribution in [0.15, 0.2) is 36.4 Å². The van der Waals surface area contributed by atoms with Gasteiger partial charge < -0.3 is 0 Å². The molecule has 0 amide bonds. The molecule has 0 bridgehead atoms. The third-order valence-corrected chi connectivity index (χ3v) is 2.36. The summed E-state index contributed by atoms with van der Waals surface area (Å²) >= 11 is 0. The summed E-state index contributed by atoms with van der Waals surface area (Å²) in [5.41, 5.74) is 2.86. The van der Waals surface area contributed by atoms with Crippen molar-refractivity contribution in [3.63, 3.8) is 0 Å². The molecule has 1 aromatic carbocycles. The number of Topliss-reactive ketones (excluding diaryl/α,β-unsaturated/α-hetero) is 1. The van der Waals surface area contributed by atoms with E-state index < -0.39 is 0 Å². The van der Waals surface area contributed by atoms with Crippen molar-refractivity contribution in [2.24, 2.45) is 0 Å². The van der Waals surface area contributed by atoms with Gasteiger partial charge in [-0.05, 0) is 18.9 Å². The van der Waals surface area contributed by atoms with E-state index in [-0.39, 0.29) is 5.78 Å². The summed E-state index contributed by atoms with van der Waals surface area (Å²) in [7, 11) is 0. The average Bonchev–Trinajstić information content (AvgIpc) is 2.18. The largest absolute Gasteiger partial charge is 0.294 e. The zero-order valence-electron chi connectivity index (χ0n) is 8.84. The molecule has 0 atom stereocenters. The van der Waals surface area contributed by atoms with Gasteiger partial charge in [-0.15, -0.1) is 0 Å². The monoisotopic (exact) mass is 188 g/mol. The quantitative estimate of drug-likeness (QED) is 0.521. The summed E-state index contributed by atoms with van der Waals surface area (Å²) < 4.78 is 0. The van der Waals surface area contributed by atoms with Gasteiger partial charge in [-0.3, -0.25) is 4.79 Å². The molecule has 1 nitrogen and oxygen atoms in total. The molecule has 1 heteroatoms. The van der Waals surface area contributed by atoms with Gasteiger partial charge in [0.2, 0.25) is 0 Å². The van der Waals surface area contributed by atoms with Crippen LogP contribution in [0.5, 0.6) is 0 Å². The minimum absolute atomic E-state index is 0.176. The second kappa shape index (κ2) is 4.75. The Morgan fingerprint density at radius 2 is 2.00 bits per heavy atom. The van der Waals surface area contributed by atoms with Gasteiger partial charge in [0.25, 0.3) is 0 Å². The van der Waals surface area contributed by atoms with Crippen molar-refractivity contribution >= 4 is 5.78 Å². The van der Waals surface area contributed by atoms with Crippen LogP contribution in [-0.2, 0) is 0 Å². The Morgan fingerprint density at radius 1 is 1.36 bits per heavy atom. The molecular weight excluding hydrogens is 172 g/mol. The van der Waals surface area contributed by atoms with Crippen molar-refractivity contribution < 1.29 is 4.79 Å². The molecule has 0 radical (unpaired) electrons. The molecule has 74 valence electrons. The zero-order valence-corrected chi connectivity index (χ0v) is 8.84. The van der Waals surface area contributed by atoms with E-state index in [1.165, 1.54) is 0 Å². The van der Waals surface area contributed by atoms with Crippen LogP contribution in [0.4, 0.5) is 0 Å². The molecule has 0 N–H and O–H groups in total. The van der Waals surface area contributed by atoms with E-state index >= 15 is 0 Å². The summed E-state index contributed by atoms with van der Waals surface area (Å²) in [5, 5.41) is 0. The van der Waals surface area contributed by atoms with Crippen molar-refractivity contribution in [1.82, 2.24) is 0 Å². The van der Waals surface area contributed by atoms with Gasteiger partial charge in [0.15, 0.2) is 5.78 Å². The first-order valence-corrected chi connectivity index (χ1v) is 4.90. The lowest BCUT2D eigenvalue weighted by Gasteiger charge is -2.04. The van der Waals surface area contributed by atoms with Crippen LogP contribution in [0.1, 0.15) is 35.7 Å². The van der Waals surface area contributed by atoms with Crippen LogP contribution >= 0.6 is 0 Å². The summed E-state index contributed by atoms with van der Waals surface area (Å²) in [6.45, 7) is 7.83. The van der Waals surface area contributed by atoms with E-state index in [1.807, 2.05) is 38.1 Å². The SMILES string of the molecule is C=C(CC)CC(=O)c1ccccc1C. The molecular formula is C13H16O. The van der Waals surface area contributed by atoms with E-state index in [2.05, 4.69) is 6.58 Å². The van der Waals surface area contributed by atoms with Crippen molar-refractivity contribution in [1.29, 1.82) is 0 Å². The second-order valence-corrected chi connectivity index (χ2v) is 3.52. The minimum Gasteiger partial charge on any atom is -0.294 e. The molecule has 14 heavy (non-hydrogen) atoms. The third-order valence-electron chi connectivity index (χ3n) is 2.36. The van der Waals surface area contributed by atoms with E-state index in [1.54, 1.807) is 0 Å². The maximum atomic E-state index is 11.8. The van der Waals surface area contributed by atoms with Crippen molar-refractivity contribution in [2.45, 2.75) is 26.7 Å². The van der Waals surface area contributed by atoms with E-state index in [9.17, 15) is 4.79 Å². The Balaban J connectivity index is 2.80. The van der Waals surface area contributed by atoms with Crippen LogP contribution in [0.3, 0.4) is 0 Å². The first-order chi connectivity index (χ1) is 6.65. The molecule has 0 aliphatic carbocycles. The topological polar surface area (TPSA) is 17.1 Å². The van der Waals surface area contributed by atoms with Crippen molar-refractivity contribution in [3.05, 3.63) is 47.5 Å². The summed E-state index contributed by atoms with van der Waals surface area (Å²) in [4.78, 5) is 11.8. The highest BCUT2D eigenvalue weighted by Crippen LogP contribution is 2.13.